The van der Waals surface area contributed by atoms with Gasteiger partial charge in [-0.2, -0.15) is 0 Å². The van der Waals surface area contributed by atoms with Gasteiger partial charge in [0.05, 0.1) is 19.0 Å². The van der Waals surface area contributed by atoms with Crippen molar-refractivity contribution in [2.75, 3.05) is 32.8 Å². The molecule has 3 aromatic rings. The summed E-state index contributed by atoms with van der Waals surface area (Å²) in [4.78, 5) is 29.8. The van der Waals surface area contributed by atoms with Crippen LogP contribution in [0.4, 0.5) is 0 Å². The van der Waals surface area contributed by atoms with E-state index in [2.05, 4.69) is 13.8 Å². The van der Waals surface area contributed by atoms with Crippen molar-refractivity contribution in [3.05, 3.63) is 72.2 Å². The van der Waals surface area contributed by atoms with E-state index in [1.54, 1.807) is 17.0 Å². The smallest absolute Gasteiger partial charge is 0.289 e. The second-order valence-electron chi connectivity index (χ2n) is 8.35. The number of nitrogens with zero attached hydrogens (tertiary/aromatic N) is 2. The normalized spacial score (nSPS) is 16.6. The number of carbonyl (C=O) groups excluding carboxylic acids is 2. The van der Waals surface area contributed by atoms with Gasteiger partial charge in [-0.25, -0.2) is 0 Å². The zero-order chi connectivity index (χ0) is 21.8. The standard InChI is InChI=1S/C25H28N2O4/c1-18(2)15-27(24(28)22-10-5-8-19-7-3-4-9-21(19)22)17-20-16-26(12-14-30-20)25(29)23-11-6-13-31-23/h3-11,13,18,20H,12,14-17H2,1-2H3. The maximum Gasteiger partial charge on any atom is 0.289 e. The van der Waals surface area contributed by atoms with Gasteiger partial charge in [0.2, 0.25) is 0 Å². The molecule has 2 amide bonds. The zero-order valence-corrected chi connectivity index (χ0v) is 18.0. The van der Waals surface area contributed by atoms with Gasteiger partial charge in [-0.1, -0.05) is 50.2 Å². The summed E-state index contributed by atoms with van der Waals surface area (Å²) >= 11 is 0. The highest BCUT2D eigenvalue weighted by atomic mass is 16.5. The number of furan rings is 1. The molecule has 0 bridgehead atoms. The summed E-state index contributed by atoms with van der Waals surface area (Å²) in [5.74, 6) is 0.479. The molecule has 0 aliphatic carbocycles. The van der Waals surface area contributed by atoms with Crippen LogP contribution in [0.2, 0.25) is 0 Å². The second kappa shape index (κ2) is 9.35. The van der Waals surface area contributed by atoms with Gasteiger partial charge in [0, 0.05) is 31.7 Å². The number of rotatable bonds is 6. The number of fused-ring (bicyclic) bond motifs is 1. The molecule has 31 heavy (non-hydrogen) atoms. The first-order valence-corrected chi connectivity index (χ1v) is 10.7. The number of ether oxygens (including phenoxy) is 1. The van der Waals surface area contributed by atoms with Crippen molar-refractivity contribution in [2.45, 2.75) is 20.0 Å². The molecule has 6 heteroatoms. The number of morpholine rings is 1. The molecule has 6 nitrogen and oxygen atoms in total. The van der Waals surface area contributed by atoms with Gasteiger partial charge in [0.1, 0.15) is 0 Å². The molecular weight excluding hydrogens is 392 g/mol. The third kappa shape index (κ3) is 4.80. The Morgan fingerprint density at radius 2 is 1.90 bits per heavy atom. The molecule has 0 N–H and O–H groups in total. The molecule has 1 fully saturated rings. The summed E-state index contributed by atoms with van der Waals surface area (Å²) in [6.07, 6.45) is 1.25. The monoisotopic (exact) mass is 420 g/mol. The Bertz CT molecular complexity index is 1040. The first-order valence-electron chi connectivity index (χ1n) is 10.7. The first kappa shape index (κ1) is 21.1. The van der Waals surface area contributed by atoms with E-state index in [0.29, 0.717) is 50.0 Å². The topological polar surface area (TPSA) is 63.0 Å². The van der Waals surface area contributed by atoms with Crippen molar-refractivity contribution in [1.29, 1.82) is 0 Å². The highest BCUT2D eigenvalue weighted by molar-refractivity contribution is 6.07. The molecule has 1 atom stereocenters. The molecule has 1 unspecified atom stereocenters. The summed E-state index contributed by atoms with van der Waals surface area (Å²) in [5, 5.41) is 1.99. The van der Waals surface area contributed by atoms with E-state index in [9.17, 15) is 9.59 Å². The van der Waals surface area contributed by atoms with Gasteiger partial charge in [-0.15, -0.1) is 0 Å². The Kier molecular flexibility index (Phi) is 6.37. The minimum atomic E-state index is -0.245. The van der Waals surface area contributed by atoms with E-state index in [0.717, 1.165) is 10.8 Å². The largest absolute Gasteiger partial charge is 0.459 e. The molecule has 1 aromatic heterocycles. The Labute approximate surface area is 182 Å². The molecule has 1 aliphatic heterocycles. The molecule has 0 saturated carbocycles. The van der Waals surface area contributed by atoms with Crippen LogP contribution in [0.25, 0.3) is 10.8 Å². The lowest BCUT2D eigenvalue weighted by molar-refractivity contribution is -0.0347. The third-order valence-electron chi connectivity index (χ3n) is 5.47. The van der Waals surface area contributed by atoms with Gasteiger partial charge in [-0.3, -0.25) is 9.59 Å². The molecule has 4 rings (SSSR count). The van der Waals surface area contributed by atoms with Gasteiger partial charge in [0.25, 0.3) is 11.8 Å². The molecular formula is C25H28N2O4. The van der Waals surface area contributed by atoms with Crippen LogP contribution in [-0.2, 0) is 4.74 Å². The van der Waals surface area contributed by atoms with Crippen LogP contribution in [-0.4, -0.2) is 60.5 Å². The van der Waals surface area contributed by atoms with Crippen LogP contribution in [0.3, 0.4) is 0 Å². The zero-order valence-electron chi connectivity index (χ0n) is 18.0. The number of amides is 2. The van der Waals surface area contributed by atoms with Crippen molar-refractivity contribution in [3.8, 4) is 0 Å². The van der Waals surface area contributed by atoms with Gasteiger partial charge in [0.15, 0.2) is 5.76 Å². The van der Waals surface area contributed by atoms with Crippen LogP contribution in [0, 0.1) is 5.92 Å². The summed E-state index contributed by atoms with van der Waals surface area (Å²) in [6.45, 7) is 6.62. The maximum absolute atomic E-state index is 13.5. The van der Waals surface area contributed by atoms with E-state index >= 15 is 0 Å². The fraction of sp³-hybridized carbons (Fsp3) is 0.360. The molecule has 2 heterocycles. The average molecular weight is 421 g/mol. The summed E-state index contributed by atoms with van der Waals surface area (Å²) in [7, 11) is 0. The van der Waals surface area contributed by atoms with Crippen LogP contribution in [0.5, 0.6) is 0 Å². The van der Waals surface area contributed by atoms with Crippen LogP contribution < -0.4 is 0 Å². The Morgan fingerprint density at radius 1 is 1.10 bits per heavy atom. The Balaban J connectivity index is 1.52. The fourth-order valence-corrected chi connectivity index (χ4v) is 4.08. The van der Waals surface area contributed by atoms with Crippen molar-refractivity contribution < 1.29 is 18.7 Å². The Hall–Kier alpha value is -3.12. The second-order valence-corrected chi connectivity index (χ2v) is 8.35. The summed E-state index contributed by atoms with van der Waals surface area (Å²) < 4.78 is 11.2. The van der Waals surface area contributed by atoms with Gasteiger partial charge < -0.3 is 19.0 Å². The van der Waals surface area contributed by atoms with Crippen molar-refractivity contribution in [2.24, 2.45) is 5.92 Å². The minimum absolute atomic E-state index is 0.0106. The van der Waals surface area contributed by atoms with E-state index in [1.807, 2.05) is 47.4 Å². The Morgan fingerprint density at radius 3 is 2.68 bits per heavy atom. The number of benzene rings is 2. The quantitative estimate of drug-likeness (QED) is 0.603. The molecule has 2 aromatic carbocycles. The number of hydrogen-bond acceptors (Lipinski definition) is 4. The average Bonchev–Trinajstić information content (AvgIpc) is 3.32. The first-order chi connectivity index (χ1) is 15.0. The molecule has 1 aliphatic rings. The lowest BCUT2D eigenvalue weighted by Gasteiger charge is -2.36. The molecule has 0 radical (unpaired) electrons. The summed E-state index contributed by atoms with van der Waals surface area (Å²) in [6, 6.07) is 17.1. The summed E-state index contributed by atoms with van der Waals surface area (Å²) in [5.41, 5.74) is 0.693. The molecule has 1 saturated heterocycles. The SMILES string of the molecule is CC(C)CN(CC1CN(C(=O)c2ccco2)CCO1)C(=O)c1cccc2ccccc12. The van der Waals surface area contributed by atoms with Crippen molar-refractivity contribution in [1.82, 2.24) is 9.80 Å². The molecule has 0 spiro atoms. The lowest BCUT2D eigenvalue weighted by Crippen LogP contribution is -2.51. The van der Waals surface area contributed by atoms with Gasteiger partial charge in [-0.05, 0) is 34.9 Å². The predicted molar refractivity (Wildman–Crippen MR) is 119 cm³/mol. The maximum atomic E-state index is 13.5. The fourth-order valence-electron chi connectivity index (χ4n) is 4.08. The highest BCUT2D eigenvalue weighted by Gasteiger charge is 2.29. The van der Waals surface area contributed by atoms with E-state index in [4.69, 9.17) is 9.15 Å². The van der Waals surface area contributed by atoms with Crippen molar-refractivity contribution >= 4 is 22.6 Å². The van der Waals surface area contributed by atoms with Crippen molar-refractivity contribution in [3.63, 3.8) is 0 Å². The third-order valence-corrected chi connectivity index (χ3v) is 5.47. The van der Waals surface area contributed by atoms with E-state index in [-0.39, 0.29) is 17.9 Å². The number of carbonyl (C=O) groups is 2. The van der Waals surface area contributed by atoms with Crippen LogP contribution in [0.1, 0.15) is 34.8 Å². The van der Waals surface area contributed by atoms with Gasteiger partial charge >= 0.3 is 0 Å². The number of hydrogen-bond donors (Lipinski definition) is 0. The highest BCUT2D eigenvalue weighted by Crippen LogP contribution is 2.21. The van der Waals surface area contributed by atoms with E-state index < -0.39 is 0 Å². The van der Waals surface area contributed by atoms with Crippen LogP contribution >= 0.6 is 0 Å². The van der Waals surface area contributed by atoms with E-state index in [1.165, 1.54) is 6.26 Å². The molecule has 162 valence electrons. The minimum Gasteiger partial charge on any atom is -0.459 e. The lowest BCUT2D eigenvalue weighted by atomic mass is 10.0. The van der Waals surface area contributed by atoms with Crippen LogP contribution in [0.15, 0.2) is 65.3 Å². The predicted octanol–water partition coefficient (Wildman–Crippen LogP) is 4.07.